The molecule has 3 rings (SSSR count). The SMILES string of the molecule is O=S(=O)([O-])CCNc1nc(Nc2cccc(Nc3nc(/N=C\CSOO[O-])nc(NCCO)n3)c2)nc(N(CCO)CCO)n1.[Na+].[Na+]. The van der Waals surface area contributed by atoms with Crippen molar-refractivity contribution >= 4 is 75.4 Å². The first-order valence-corrected chi connectivity index (χ1v) is 15.5. The van der Waals surface area contributed by atoms with Crippen LogP contribution >= 0.6 is 12.0 Å². The first-order valence-electron chi connectivity index (χ1n) is 13.0. The summed E-state index contributed by atoms with van der Waals surface area (Å²) in [5.74, 6) is -0.232. The fourth-order valence-corrected chi connectivity index (χ4v) is 3.92. The minimum Gasteiger partial charge on any atom is -0.748 e. The standard InChI is InChI=1S/C22H32N12O9S2.2Na/c35-9-4-23-17-28-18(24-5-12-44-43-42-38)30-20(29-17)26-15-2-1-3-16(14-15)27-21-31-19(25-6-13-45(39,40)41)32-22(33-21)34(7-10-36)8-11-37;;/h1-3,5,14,35-38H,4,6-13H2,(H,39,40,41)(H2,23,26,28,29,30)(H2,25,27,31,32,33);;/q;2*+1/p-2/b24-5-;;. The minimum absolute atomic E-state index is 0. The topological polar surface area (TPSA) is 300 Å². The number of anilines is 7. The van der Waals surface area contributed by atoms with Crippen LogP contribution in [0.1, 0.15) is 0 Å². The molecule has 7 N–H and O–H groups in total. The molecule has 0 unspecified atom stereocenters. The molecule has 0 aliphatic carbocycles. The van der Waals surface area contributed by atoms with E-state index in [1.54, 1.807) is 24.3 Å². The van der Waals surface area contributed by atoms with Crippen molar-refractivity contribution in [3.8, 4) is 0 Å². The van der Waals surface area contributed by atoms with Crippen LogP contribution < -0.4 is 90.5 Å². The molecule has 2 aromatic heterocycles. The number of benzene rings is 1. The third kappa shape index (κ3) is 16.7. The Kier molecular flexibility index (Phi) is 21.3. The minimum atomic E-state index is -4.49. The molecule has 0 saturated carbocycles. The zero-order valence-corrected chi connectivity index (χ0v) is 31.1. The maximum absolute atomic E-state index is 11.0. The smallest absolute Gasteiger partial charge is 0.748 e. The first kappa shape index (κ1) is 43.0. The maximum atomic E-state index is 11.0. The van der Waals surface area contributed by atoms with E-state index in [9.17, 15) is 28.4 Å². The second-order valence-electron chi connectivity index (χ2n) is 8.40. The monoisotopic (exact) mass is 716 g/mol. The van der Waals surface area contributed by atoms with Gasteiger partial charge < -0.3 is 51.3 Å². The third-order valence-corrected chi connectivity index (χ3v) is 6.24. The number of aliphatic hydroxyl groups is 3. The molecule has 2 heterocycles. The van der Waals surface area contributed by atoms with Crippen molar-refractivity contribution in [3.63, 3.8) is 0 Å². The summed E-state index contributed by atoms with van der Waals surface area (Å²) in [6.07, 6.45) is 1.39. The van der Waals surface area contributed by atoms with E-state index in [-0.39, 0.29) is 147 Å². The van der Waals surface area contributed by atoms with Crippen molar-refractivity contribution < 1.29 is 102 Å². The van der Waals surface area contributed by atoms with Crippen LogP contribution in [0, 0.1) is 0 Å². The van der Waals surface area contributed by atoms with Crippen molar-refractivity contribution in [1.29, 1.82) is 0 Å². The van der Waals surface area contributed by atoms with Gasteiger partial charge in [-0.15, -0.1) is 0 Å². The molecule has 0 aliphatic heterocycles. The molecule has 0 saturated heterocycles. The van der Waals surface area contributed by atoms with Gasteiger partial charge in [-0.3, -0.25) is 5.04 Å². The summed E-state index contributed by atoms with van der Waals surface area (Å²) >= 11 is 0.706. The summed E-state index contributed by atoms with van der Waals surface area (Å²) in [6, 6.07) is 6.79. The maximum Gasteiger partial charge on any atom is 1.00 e. The van der Waals surface area contributed by atoms with Gasteiger partial charge in [-0.2, -0.15) is 34.2 Å². The number of aliphatic imine (C=N–C) groups is 1. The van der Waals surface area contributed by atoms with Gasteiger partial charge in [-0.05, 0) is 18.2 Å². The number of hydrogen-bond acceptors (Lipinski definition) is 22. The molecule has 1 aromatic carbocycles. The van der Waals surface area contributed by atoms with Crippen LogP contribution in [0.2, 0.25) is 0 Å². The fourth-order valence-electron chi connectivity index (χ4n) is 3.34. The van der Waals surface area contributed by atoms with Crippen LogP contribution in [0.3, 0.4) is 0 Å². The Morgan fingerprint density at radius 1 is 0.872 bits per heavy atom. The Labute approximate surface area is 317 Å². The molecule has 0 radical (unpaired) electrons. The molecule has 0 aliphatic rings. The van der Waals surface area contributed by atoms with E-state index in [0.717, 1.165) is 0 Å². The number of nitrogens with one attached hydrogen (secondary N) is 4. The van der Waals surface area contributed by atoms with Crippen LogP contribution in [0.5, 0.6) is 0 Å². The Bertz CT molecular complexity index is 1500. The van der Waals surface area contributed by atoms with Crippen LogP contribution in [-0.4, -0.2) is 122 Å². The van der Waals surface area contributed by atoms with E-state index in [1.165, 1.54) is 11.1 Å². The number of aromatic nitrogens is 6. The zero-order valence-electron chi connectivity index (χ0n) is 25.4. The van der Waals surface area contributed by atoms with Crippen molar-refractivity contribution in [3.05, 3.63) is 24.3 Å². The van der Waals surface area contributed by atoms with Crippen LogP contribution in [0.25, 0.3) is 0 Å². The molecule has 0 fully saturated rings. The Hall–Kier alpha value is -2.07. The Morgan fingerprint density at radius 2 is 1.45 bits per heavy atom. The summed E-state index contributed by atoms with van der Waals surface area (Å²) in [5.41, 5.74) is 1.01. The number of rotatable bonds is 21. The number of hydrogen-bond donors (Lipinski definition) is 7. The van der Waals surface area contributed by atoms with Crippen molar-refractivity contribution in [2.75, 3.05) is 83.7 Å². The van der Waals surface area contributed by atoms with Crippen LogP contribution in [-0.2, 0) is 19.5 Å². The van der Waals surface area contributed by atoms with Crippen LogP contribution in [0.4, 0.5) is 47.1 Å². The summed E-state index contributed by atoms with van der Waals surface area (Å²) in [7, 11) is -4.49. The van der Waals surface area contributed by atoms with Gasteiger partial charge in [-0.25, -0.2) is 13.4 Å². The van der Waals surface area contributed by atoms with E-state index >= 15 is 0 Å². The third-order valence-electron chi connectivity index (χ3n) is 5.10. The average molecular weight is 717 g/mol. The van der Waals surface area contributed by atoms with E-state index in [1.807, 2.05) is 0 Å². The first-order chi connectivity index (χ1) is 21.7. The van der Waals surface area contributed by atoms with E-state index in [4.69, 9.17) is 5.11 Å². The summed E-state index contributed by atoms with van der Waals surface area (Å²) in [5, 5.41) is 52.7. The van der Waals surface area contributed by atoms with Gasteiger partial charge in [-0.1, -0.05) is 6.07 Å². The summed E-state index contributed by atoms with van der Waals surface area (Å²) in [6.45, 7) is -0.604. The molecule has 0 atom stereocenters. The molecular formula is C22H30N12Na2O9S2. The quantitative estimate of drug-likeness (QED) is 0.0102. The van der Waals surface area contributed by atoms with Crippen molar-refractivity contribution in [1.82, 2.24) is 29.9 Å². The molecule has 0 spiro atoms. The molecule has 47 heavy (non-hydrogen) atoms. The van der Waals surface area contributed by atoms with Crippen molar-refractivity contribution in [2.45, 2.75) is 0 Å². The zero-order chi connectivity index (χ0) is 32.5. The Balaban J connectivity index is 0.00000552. The van der Waals surface area contributed by atoms with Gasteiger partial charge in [0.05, 0.1) is 41.4 Å². The van der Waals surface area contributed by atoms with E-state index in [0.29, 0.717) is 23.4 Å². The van der Waals surface area contributed by atoms with Crippen LogP contribution in [0.15, 0.2) is 29.3 Å². The molecule has 21 nitrogen and oxygen atoms in total. The molecular weight excluding hydrogens is 686 g/mol. The molecule has 0 amide bonds. The van der Waals surface area contributed by atoms with Gasteiger partial charge in [0.2, 0.25) is 29.7 Å². The average Bonchev–Trinajstić information content (AvgIpc) is 2.99. The predicted molar refractivity (Wildman–Crippen MR) is 160 cm³/mol. The van der Waals surface area contributed by atoms with Gasteiger partial charge in [0.15, 0.2) is 0 Å². The predicted octanol–water partition coefficient (Wildman–Crippen LogP) is -7.72. The largest absolute Gasteiger partial charge is 1.00 e. The summed E-state index contributed by atoms with van der Waals surface area (Å²) < 4.78 is 37.2. The fraction of sp³-hybridized carbons (Fsp3) is 0.409. The van der Waals surface area contributed by atoms with Gasteiger partial charge in [0.1, 0.15) is 0 Å². The molecule has 25 heteroatoms. The second kappa shape index (κ2) is 23.3. The van der Waals surface area contributed by atoms with E-state index in [2.05, 4.69) is 65.5 Å². The normalized spacial score (nSPS) is 11.0. The van der Waals surface area contributed by atoms with E-state index < -0.39 is 15.9 Å². The summed E-state index contributed by atoms with van der Waals surface area (Å²) in [4.78, 5) is 31.0. The molecule has 0 bridgehead atoms. The number of nitrogens with zero attached hydrogens (tertiary/aromatic N) is 8. The van der Waals surface area contributed by atoms with Gasteiger partial charge in [0, 0.05) is 55.8 Å². The molecule has 3 aromatic rings. The van der Waals surface area contributed by atoms with Gasteiger partial charge in [0.25, 0.3) is 5.95 Å². The molecule has 246 valence electrons. The second-order valence-corrected chi connectivity index (χ2v) is 10.6. The Morgan fingerprint density at radius 3 is 2.04 bits per heavy atom. The number of aliphatic hydroxyl groups excluding tert-OH is 3. The van der Waals surface area contributed by atoms with Crippen molar-refractivity contribution in [2.24, 2.45) is 4.99 Å². The van der Waals surface area contributed by atoms with Gasteiger partial charge >= 0.3 is 59.1 Å².